The Morgan fingerprint density at radius 2 is 1.73 bits per heavy atom. The molecule has 0 unspecified atom stereocenters. The molecule has 0 radical (unpaired) electrons. The lowest BCUT2D eigenvalue weighted by atomic mass is 10.2. The van der Waals surface area contributed by atoms with Crippen molar-refractivity contribution in [2.75, 3.05) is 11.9 Å². The van der Waals surface area contributed by atoms with Gasteiger partial charge in [-0.05, 0) is 29.7 Å². The summed E-state index contributed by atoms with van der Waals surface area (Å²) in [6.07, 6.45) is 0. The number of nitrogens with zero attached hydrogens (tertiary/aromatic N) is 2. The molecular formula is C17H12N2OS2. The van der Waals surface area contributed by atoms with Gasteiger partial charge in [-0.15, -0.1) is 11.3 Å². The molecular weight excluding hydrogens is 312 g/mol. The van der Waals surface area contributed by atoms with Crippen LogP contribution < -0.4 is 4.90 Å². The quantitative estimate of drug-likeness (QED) is 0.531. The van der Waals surface area contributed by atoms with Crippen LogP contribution in [0.4, 0.5) is 5.13 Å². The fourth-order valence-electron chi connectivity index (χ4n) is 2.34. The van der Waals surface area contributed by atoms with Gasteiger partial charge < -0.3 is 0 Å². The van der Waals surface area contributed by atoms with Gasteiger partial charge in [0.15, 0.2) is 5.13 Å². The monoisotopic (exact) mass is 324 g/mol. The molecule has 4 rings (SSSR count). The van der Waals surface area contributed by atoms with E-state index in [2.05, 4.69) is 4.98 Å². The van der Waals surface area contributed by atoms with Crippen molar-refractivity contribution in [3.63, 3.8) is 0 Å². The number of carbonyl (C=O) groups excluding carboxylic acids is 1. The van der Waals surface area contributed by atoms with E-state index < -0.39 is 0 Å². The molecule has 2 aromatic carbocycles. The molecule has 0 fully saturated rings. The number of aromatic nitrogens is 1. The number of carbonyl (C=O) groups is 1. The van der Waals surface area contributed by atoms with Crippen LogP contribution in [0.2, 0.25) is 0 Å². The van der Waals surface area contributed by atoms with Crippen LogP contribution in [-0.2, 0) is 0 Å². The van der Waals surface area contributed by atoms with Gasteiger partial charge in [0.1, 0.15) is 0 Å². The molecule has 0 bridgehead atoms. The summed E-state index contributed by atoms with van der Waals surface area (Å²) >= 11 is 3.05. The zero-order valence-corrected chi connectivity index (χ0v) is 13.4. The molecule has 0 atom stereocenters. The number of thiophene rings is 1. The fourth-order valence-corrected chi connectivity index (χ4v) is 4.31. The molecule has 0 aliphatic heterocycles. The van der Waals surface area contributed by atoms with Crippen molar-refractivity contribution in [3.05, 3.63) is 59.5 Å². The van der Waals surface area contributed by atoms with E-state index in [-0.39, 0.29) is 5.91 Å². The third-order valence-electron chi connectivity index (χ3n) is 3.51. The van der Waals surface area contributed by atoms with Crippen LogP contribution in [-0.4, -0.2) is 17.9 Å². The molecule has 0 saturated carbocycles. The molecule has 0 spiro atoms. The number of fused-ring (bicyclic) bond motifs is 2. The first-order valence-electron chi connectivity index (χ1n) is 6.84. The van der Waals surface area contributed by atoms with Crippen molar-refractivity contribution in [2.45, 2.75) is 0 Å². The van der Waals surface area contributed by atoms with E-state index in [4.69, 9.17) is 0 Å². The highest BCUT2D eigenvalue weighted by molar-refractivity contribution is 7.23. The standard InChI is InChI=1S/C17H12N2OS2/c1-19(17-18-12-7-3-5-9-14(12)22-17)16(20)15-10-11-6-2-4-8-13(11)21-15/h2-10H,1H3. The smallest absolute Gasteiger partial charge is 0.269 e. The second kappa shape index (κ2) is 5.19. The molecule has 22 heavy (non-hydrogen) atoms. The lowest BCUT2D eigenvalue weighted by Gasteiger charge is -2.11. The van der Waals surface area contributed by atoms with E-state index in [9.17, 15) is 4.79 Å². The average Bonchev–Trinajstić information content (AvgIpc) is 3.16. The third-order valence-corrected chi connectivity index (χ3v) is 5.73. The van der Waals surface area contributed by atoms with Crippen LogP contribution in [0.25, 0.3) is 20.3 Å². The van der Waals surface area contributed by atoms with E-state index in [1.807, 2.05) is 54.6 Å². The maximum absolute atomic E-state index is 12.7. The first kappa shape index (κ1) is 13.4. The highest BCUT2D eigenvalue weighted by atomic mass is 32.1. The van der Waals surface area contributed by atoms with E-state index >= 15 is 0 Å². The number of rotatable bonds is 2. The van der Waals surface area contributed by atoms with Gasteiger partial charge in [0.2, 0.25) is 0 Å². The summed E-state index contributed by atoms with van der Waals surface area (Å²) < 4.78 is 2.22. The van der Waals surface area contributed by atoms with Gasteiger partial charge in [-0.1, -0.05) is 41.7 Å². The highest BCUT2D eigenvalue weighted by Gasteiger charge is 2.19. The van der Waals surface area contributed by atoms with Crippen molar-refractivity contribution in [1.82, 2.24) is 4.98 Å². The molecule has 0 N–H and O–H groups in total. The molecule has 3 nitrogen and oxygen atoms in total. The third kappa shape index (κ3) is 2.19. The molecule has 108 valence electrons. The molecule has 1 amide bonds. The molecule has 5 heteroatoms. The number of hydrogen-bond donors (Lipinski definition) is 0. The summed E-state index contributed by atoms with van der Waals surface area (Å²) in [4.78, 5) is 19.6. The van der Waals surface area contributed by atoms with Crippen LogP contribution in [0.3, 0.4) is 0 Å². The summed E-state index contributed by atoms with van der Waals surface area (Å²) in [5.41, 5.74) is 0.929. The second-order valence-corrected chi connectivity index (χ2v) is 7.07. The number of thiazole rings is 1. The van der Waals surface area contributed by atoms with Crippen LogP contribution >= 0.6 is 22.7 Å². The second-order valence-electron chi connectivity index (χ2n) is 4.98. The number of benzene rings is 2. The lowest BCUT2D eigenvalue weighted by molar-refractivity contribution is 0.0997. The van der Waals surface area contributed by atoms with Gasteiger partial charge in [0, 0.05) is 11.7 Å². The summed E-state index contributed by atoms with van der Waals surface area (Å²) in [5, 5.41) is 1.83. The Kier molecular flexibility index (Phi) is 3.17. The Labute approximate surface area is 135 Å². The van der Waals surface area contributed by atoms with Crippen molar-refractivity contribution in [2.24, 2.45) is 0 Å². The molecule has 2 heterocycles. The van der Waals surface area contributed by atoms with Crippen LogP contribution in [0.15, 0.2) is 54.6 Å². The van der Waals surface area contributed by atoms with Crippen LogP contribution in [0.1, 0.15) is 9.67 Å². The minimum absolute atomic E-state index is 0.0137. The lowest BCUT2D eigenvalue weighted by Crippen LogP contribution is -2.25. The van der Waals surface area contributed by atoms with Gasteiger partial charge in [0.05, 0.1) is 15.1 Å². The van der Waals surface area contributed by atoms with E-state index in [1.165, 1.54) is 22.7 Å². The Hall–Kier alpha value is -2.24. The minimum atomic E-state index is -0.0137. The SMILES string of the molecule is CN(C(=O)c1cc2ccccc2s1)c1nc2ccccc2s1. The Balaban J connectivity index is 1.71. The summed E-state index contributed by atoms with van der Waals surface area (Å²) in [6.45, 7) is 0. The van der Waals surface area contributed by atoms with E-state index in [1.54, 1.807) is 11.9 Å². The largest absolute Gasteiger partial charge is 0.286 e. The molecule has 0 aliphatic rings. The Bertz CT molecular complexity index is 920. The molecule has 4 aromatic rings. The summed E-state index contributed by atoms with van der Waals surface area (Å²) in [7, 11) is 1.78. The first-order valence-corrected chi connectivity index (χ1v) is 8.48. The fraction of sp³-hybridized carbons (Fsp3) is 0.0588. The number of amides is 1. The van der Waals surface area contributed by atoms with Crippen molar-refractivity contribution >= 4 is 54.0 Å². The molecule has 0 saturated heterocycles. The number of hydrogen-bond acceptors (Lipinski definition) is 4. The van der Waals surface area contributed by atoms with Crippen molar-refractivity contribution < 1.29 is 4.79 Å². The topological polar surface area (TPSA) is 33.2 Å². The van der Waals surface area contributed by atoms with Crippen LogP contribution in [0.5, 0.6) is 0 Å². The maximum Gasteiger partial charge on any atom is 0.269 e. The normalized spacial score (nSPS) is 11.1. The van der Waals surface area contributed by atoms with Crippen molar-refractivity contribution in [1.29, 1.82) is 0 Å². The molecule has 0 aliphatic carbocycles. The van der Waals surface area contributed by atoms with Gasteiger partial charge in [-0.3, -0.25) is 9.69 Å². The number of para-hydroxylation sites is 1. The summed E-state index contributed by atoms with van der Waals surface area (Å²) in [6, 6.07) is 17.9. The Morgan fingerprint density at radius 1 is 1.00 bits per heavy atom. The van der Waals surface area contributed by atoms with Crippen molar-refractivity contribution in [3.8, 4) is 0 Å². The van der Waals surface area contributed by atoms with Gasteiger partial charge in [-0.25, -0.2) is 4.98 Å². The predicted molar refractivity (Wildman–Crippen MR) is 94.2 cm³/mol. The van der Waals surface area contributed by atoms with Gasteiger partial charge >= 0.3 is 0 Å². The van der Waals surface area contributed by atoms with E-state index in [0.717, 1.165) is 30.3 Å². The van der Waals surface area contributed by atoms with Crippen LogP contribution in [0, 0.1) is 0 Å². The molecule has 2 aromatic heterocycles. The highest BCUT2D eigenvalue weighted by Crippen LogP contribution is 2.31. The first-order chi connectivity index (χ1) is 10.7. The summed E-state index contributed by atoms with van der Waals surface area (Å²) in [5.74, 6) is -0.0137. The van der Waals surface area contributed by atoms with Gasteiger partial charge in [-0.2, -0.15) is 0 Å². The zero-order valence-electron chi connectivity index (χ0n) is 11.8. The Morgan fingerprint density at radius 3 is 2.50 bits per heavy atom. The van der Waals surface area contributed by atoms with Gasteiger partial charge in [0.25, 0.3) is 5.91 Å². The average molecular weight is 324 g/mol. The number of anilines is 1. The minimum Gasteiger partial charge on any atom is -0.286 e. The zero-order chi connectivity index (χ0) is 15.1. The predicted octanol–water partition coefficient (Wildman–Crippen LogP) is 4.79. The van der Waals surface area contributed by atoms with E-state index in [0.29, 0.717) is 0 Å². The maximum atomic E-state index is 12.7.